The topological polar surface area (TPSA) is 90.0 Å². The lowest BCUT2D eigenvalue weighted by Gasteiger charge is -2.41. The number of amides is 2. The summed E-state index contributed by atoms with van der Waals surface area (Å²) >= 11 is 0. The zero-order valence-corrected chi connectivity index (χ0v) is 20.7. The van der Waals surface area contributed by atoms with Crippen LogP contribution in [0.15, 0.2) is 24.3 Å². The van der Waals surface area contributed by atoms with Crippen LogP contribution in [0.25, 0.3) is 0 Å². The van der Waals surface area contributed by atoms with Crippen LogP contribution in [0.5, 0.6) is 5.75 Å². The van der Waals surface area contributed by atoms with Gasteiger partial charge in [-0.1, -0.05) is 6.92 Å². The molecule has 3 aliphatic rings. The lowest BCUT2D eigenvalue weighted by Crippen LogP contribution is -2.63. The fourth-order valence-electron chi connectivity index (χ4n) is 4.81. The van der Waals surface area contributed by atoms with Gasteiger partial charge in [-0.2, -0.15) is 4.39 Å². The van der Waals surface area contributed by atoms with Crippen LogP contribution in [0.3, 0.4) is 0 Å². The Hall–Kier alpha value is -3.38. The summed E-state index contributed by atoms with van der Waals surface area (Å²) in [6.45, 7) is 5.81. The minimum atomic E-state index is -1.34. The predicted octanol–water partition coefficient (Wildman–Crippen LogP) is 2.48. The molecule has 5 rings (SSSR count). The van der Waals surface area contributed by atoms with E-state index in [1.165, 1.54) is 30.1 Å². The predicted molar refractivity (Wildman–Crippen MR) is 130 cm³/mol. The zero-order valence-electron chi connectivity index (χ0n) is 20.7. The van der Waals surface area contributed by atoms with Gasteiger partial charge < -0.3 is 15.0 Å². The van der Waals surface area contributed by atoms with Gasteiger partial charge in [-0.3, -0.25) is 19.9 Å². The van der Waals surface area contributed by atoms with Gasteiger partial charge in [0, 0.05) is 44.4 Å². The maximum atomic E-state index is 14.8. The molecule has 0 aliphatic carbocycles. The van der Waals surface area contributed by atoms with Crippen LogP contribution in [-0.2, 0) is 11.3 Å². The number of aromatic nitrogens is 1. The minimum absolute atomic E-state index is 0.0701. The average Bonchev–Trinajstić information content (AvgIpc) is 2.84. The molecular formula is C25H29F3N6O3. The number of hydrogen-bond donors (Lipinski definition) is 2. The summed E-state index contributed by atoms with van der Waals surface area (Å²) < 4.78 is 48.7. The molecule has 2 fully saturated rings. The second kappa shape index (κ2) is 9.82. The molecule has 3 aliphatic heterocycles. The molecule has 37 heavy (non-hydrogen) atoms. The molecule has 2 amide bonds. The third-order valence-corrected chi connectivity index (χ3v) is 6.81. The number of hydrogen-bond acceptors (Lipinski definition) is 7. The molecule has 198 valence electrons. The van der Waals surface area contributed by atoms with Crippen molar-refractivity contribution in [3.63, 3.8) is 0 Å². The Morgan fingerprint density at radius 2 is 1.95 bits per heavy atom. The highest BCUT2D eigenvalue weighted by Gasteiger charge is 2.40. The van der Waals surface area contributed by atoms with Gasteiger partial charge in [0.15, 0.2) is 6.10 Å². The van der Waals surface area contributed by atoms with E-state index in [1.807, 2.05) is 16.7 Å². The number of piperazine rings is 1. The maximum absolute atomic E-state index is 14.8. The van der Waals surface area contributed by atoms with E-state index in [2.05, 4.69) is 15.7 Å². The number of carbonyl (C=O) groups excluding carboxylic acids is 2. The van der Waals surface area contributed by atoms with E-state index in [1.54, 1.807) is 6.07 Å². The molecule has 2 N–H and O–H groups in total. The van der Waals surface area contributed by atoms with Crippen LogP contribution < -0.4 is 20.4 Å². The Labute approximate surface area is 212 Å². The first-order chi connectivity index (χ1) is 17.6. The molecule has 0 bridgehead atoms. The third-order valence-electron chi connectivity index (χ3n) is 6.81. The van der Waals surface area contributed by atoms with Crippen LogP contribution >= 0.6 is 0 Å². The van der Waals surface area contributed by atoms with Crippen molar-refractivity contribution in [3.8, 4) is 5.75 Å². The van der Waals surface area contributed by atoms with Gasteiger partial charge in [0.05, 0.1) is 24.5 Å². The number of fused-ring (bicyclic) bond motifs is 1. The molecule has 4 heterocycles. The summed E-state index contributed by atoms with van der Waals surface area (Å²) in [5, 5.41) is 4.20. The molecule has 12 heteroatoms. The number of nitrogens with one attached hydrogen (secondary N) is 2. The Morgan fingerprint density at radius 3 is 2.59 bits per heavy atom. The summed E-state index contributed by atoms with van der Waals surface area (Å²) in [7, 11) is 0. The molecule has 2 saturated heterocycles. The lowest BCUT2D eigenvalue weighted by molar-refractivity contribution is -0.123. The summed E-state index contributed by atoms with van der Waals surface area (Å²) in [6, 6.07) is 5.86. The fourth-order valence-corrected chi connectivity index (χ4v) is 4.81. The van der Waals surface area contributed by atoms with E-state index in [4.69, 9.17) is 4.74 Å². The number of anilines is 2. The smallest absolute Gasteiger partial charge is 0.284 e. The first-order valence-corrected chi connectivity index (χ1v) is 12.3. The number of benzene rings is 1. The number of nitrogens with zero attached hydrogens (tertiary/aromatic N) is 4. The average molecular weight is 519 g/mol. The molecule has 1 aromatic carbocycles. The van der Waals surface area contributed by atoms with Crippen molar-refractivity contribution in [1.82, 2.24) is 20.3 Å². The second-order valence-corrected chi connectivity index (χ2v) is 9.92. The van der Waals surface area contributed by atoms with E-state index in [0.717, 1.165) is 0 Å². The first kappa shape index (κ1) is 25.3. The van der Waals surface area contributed by atoms with Crippen molar-refractivity contribution in [2.45, 2.75) is 38.6 Å². The Kier molecular flexibility index (Phi) is 6.71. The van der Waals surface area contributed by atoms with Gasteiger partial charge in [-0.25, -0.2) is 18.8 Å². The van der Waals surface area contributed by atoms with E-state index >= 15 is 0 Å². The highest BCUT2D eigenvalue weighted by atomic mass is 19.1. The van der Waals surface area contributed by atoms with Crippen molar-refractivity contribution in [2.75, 3.05) is 49.5 Å². The molecule has 1 unspecified atom stereocenters. The van der Waals surface area contributed by atoms with E-state index < -0.39 is 29.4 Å². The van der Waals surface area contributed by atoms with Gasteiger partial charge >= 0.3 is 0 Å². The number of rotatable bonds is 6. The summed E-state index contributed by atoms with van der Waals surface area (Å²) in [4.78, 5) is 32.1. The largest absolute Gasteiger partial charge is 0.478 e. The maximum Gasteiger partial charge on any atom is 0.284 e. The number of hydrazine groups is 1. The van der Waals surface area contributed by atoms with Gasteiger partial charge in [0.25, 0.3) is 11.8 Å². The number of alkyl halides is 1. The molecule has 1 atom stereocenters. The summed E-state index contributed by atoms with van der Waals surface area (Å²) in [6.07, 6.45) is -0.138. The number of halogens is 3. The summed E-state index contributed by atoms with van der Waals surface area (Å²) in [5.41, 5.74) is 2.26. The third kappa shape index (κ3) is 5.35. The standard InChI is InChI=1S/C25H29F3N6O3/c1-3-20-24(36)30-18-10-15(16(26)11-21(18)37-20)12-32-6-8-33(9-7-32)19-5-4-17(29-22(19)27)23(35)31-34-13-25(2,28)14-34/h4-5,10-11,20H,3,6-9,12-14H2,1-2H3,(H,30,36)(H,31,35). The van der Waals surface area contributed by atoms with Crippen molar-refractivity contribution < 1.29 is 27.5 Å². The minimum Gasteiger partial charge on any atom is -0.478 e. The molecule has 9 nitrogen and oxygen atoms in total. The monoisotopic (exact) mass is 518 g/mol. The highest BCUT2D eigenvalue weighted by molar-refractivity contribution is 5.97. The fraction of sp³-hybridized carbons (Fsp3) is 0.480. The molecular weight excluding hydrogens is 489 g/mol. The van der Waals surface area contributed by atoms with E-state index in [-0.39, 0.29) is 30.4 Å². The van der Waals surface area contributed by atoms with Crippen molar-refractivity contribution in [1.29, 1.82) is 0 Å². The first-order valence-electron chi connectivity index (χ1n) is 12.3. The molecule has 0 spiro atoms. The van der Waals surface area contributed by atoms with Gasteiger partial charge in [-0.05, 0) is 31.5 Å². The van der Waals surface area contributed by atoms with Crippen LogP contribution in [0.4, 0.5) is 24.5 Å². The highest BCUT2D eigenvalue weighted by Crippen LogP contribution is 2.33. The molecule has 0 radical (unpaired) electrons. The van der Waals surface area contributed by atoms with Crippen molar-refractivity contribution in [3.05, 3.63) is 47.3 Å². The van der Waals surface area contributed by atoms with Gasteiger partial charge in [0.2, 0.25) is 5.95 Å². The number of ether oxygens (including phenoxy) is 1. The van der Waals surface area contributed by atoms with Gasteiger partial charge in [0.1, 0.15) is 22.9 Å². The van der Waals surface area contributed by atoms with Crippen LogP contribution in [0, 0.1) is 11.8 Å². The van der Waals surface area contributed by atoms with Crippen molar-refractivity contribution >= 4 is 23.2 Å². The zero-order chi connectivity index (χ0) is 26.3. The quantitative estimate of drug-likeness (QED) is 0.568. The Morgan fingerprint density at radius 1 is 1.22 bits per heavy atom. The molecule has 1 aromatic heterocycles. The second-order valence-electron chi connectivity index (χ2n) is 9.92. The Bertz CT molecular complexity index is 1210. The van der Waals surface area contributed by atoms with Gasteiger partial charge in [-0.15, -0.1) is 0 Å². The molecule has 0 saturated carbocycles. The van der Waals surface area contributed by atoms with Crippen molar-refractivity contribution in [2.24, 2.45) is 0 Å². The Balaban J connectivity index is 1.17. The normalized spacial score (nSPS) is 21.5. The number of pyridine rings is 1. The van der Waals surface area contributed by atoms with E-state index in [9.17, 15) is 22.8 Å². The number of carbonyl (C=O) groups is 2. The lowest BCUT2D eigenvalue weighted by atomic mass is 10.0. The van der Waals surface area contributed by atoms with Crippen LogP contribution in [0.2, 0.25) is 0 Å². The SMILES string of the molecule is CCC1Oc2cc(F)c(CN3CCN(c4ccc(C(=O)NN5CC(C)(F)C5)nc4F)CC3)cc2NC1=O. The molecule has 2 aromatic rings. The summed E-state index contributed by atoms with van der Waals surface area (Å²) in [5.74, 6) is -1.69. The van der Waals surface area contributed by atoms with Crippen LogP contribution in [-0.4, -0.2) is 77.7 Å². The van der Waals surface area contributed by atoms with E-state index in [0.29, 0.717) is 56.1 Å². The van der Waals surface area contributed by atoms with Crippen LogP contribution in [0.1, 0.15) is 36.3 Å².